The van der Waals surface area contributed by atoms with Crippen LogP contribution in [-0.2, 0) is 16.4 Å². The molecule has 0 aromatic heterocycles. The number of rotatable bonds is 4. The standard InChI is InChI=1S/C19H21ClN2O3S/c1-2-14-7-3-4-8-17(14)21-19(23)15-9-10-16(20)18(13-15)22-11-5-6-12-26(22,24)25/h3-4,7-10,13H,2,5-6,11-12H2,1H3,(H,21,23). The summed E-state index contributed by atoms with van der Waals surface area (Å²) >= 11 is 6.23. The Balaban J connectivity index is 1.91. The highest BCUT2D eigenvalue weighted by Gasteiger charge is 2.28. The molecule has 0 radical (unpaired) electrons. The fraction of sp³-hybridized carbons (Fsp3) is 0.316. The molecule has 0 bridgehead atoms. The van der Waals surface area contributed by atoms with Gasteiger partial charge in [0.05, 0.1) is 16.5 Å². The van der Waals surface area contributed by atoms with Crippen molar-refractivity contribution >= 4 is 38.9 Å². The van der Waals surface area contributed by atoms with Crippen LogP contribution in [0.3, 0.4) is 0 Å². The van der Waals surface area contributed by atoms with Crippen LogP contribution >= 0.6 is 11.6 Å². The number of para-hydroxylation sites is 1. The van der Waals surface area contributed by atoms with Gasteiger partial charge in [0.15, 0.2) is 0 Å². The van der Waals surface area contributed by atoms with Crippen molar-refractivity contribution in [3.8, 4) is 0 Å². The smallest absolute Gasteiger partial charge is 0.255 e. The SMILES string of the molecule is CCc1ccccc1NC(=O)c1ccc(Cl)c(N2CCCCS2(=O)=O)c1. The van der Waals surface area contributed by atoms with E-state index in [0.717, 1.165) is 24.1 Å². The van der Waals surface area contributed by atoms with Gasteiger partial charge in [0, 0.05) is 17.8 Å². The van der Waals surface area contributed by atoms with Gasteiger partial charge in [-0.1, -0.05) is 36.7 Å². The summed E-state index contributed by atoms with van der Waals surface area (Å²) in [5, 5.41) is 3.22. The monoisotopic (exact) mass is 392 g/mol. The summed E-state index contributed by atoms with van der Waals surface area (Å²) in [5.74, 6) is -0.192. The fourth-order valence-corrected chi connectivity index (χ4v) is 4.97. The Morgan fingerprint density at radius 2 is 1.96 bits per heavy atom. The van der Waals surface area contributed by atoms with Crippen molar-refractivity contribution < 1.29 is 13.2 Å². The van der Waals surface area contributed by atoms with Crippen molar-refractivity contribution in [2.75, 3.05) is 21.9 Å². The second-order valence-electron chi connectivity index (χ2n) is 6.23. The molecule has 138 valence electrons. The largest absolute Gasteiger partial charge is 0.322 e. The van der Waals surface area contributed by atoms with E-state index in [1.54, 1.807) is 18.2 Å². The predicted octanol–water partition coefficient (Wildman–Crippen LogP) is 4.08. The number of nitrogens with one attached hydrogen (secondary N) is 1. The summed E-state index contributed by atoms with van der Waals surface area (Å²) in [6, 6.07) is 12.3. The number of anilines is 2. The lowest BCUT2D eigenvalue weighted by Gasteiger charge is -2.29. The van der Waals surface area contributed by atoms with Crippen molar-refractivity contribution in [3.63, 3.8) is 0 Å². The second kappa shape index (κ2) is 7.68. The van der Waals surface area contributed by atoms with Gasteiger partial charge in [-0.25, -0.2) is 8.42 Å². The summed E-state index contributed by atoms with van der Waals surface area (Å²) in [7, 11) is -3.39. The van der Waals surface area contributed by atoms with Gasteiger partial charge in [-0.2, -0.15) is 0 Å². The van der Waals surface area contributed by atoms with Crippen LogP contribution in [-0.4, -0.2) is 26.6 Å². The quantitative estimate of drug-likeness (QED) is 0.852. The van der Waals surface area contributed by atoms with Gasteiger partial charge >= 0.3 is 0 Å². The van der Waals surface area contributed by atoms with Crippen molar-refractivity contribution in [3.05, 3.63) is 58.6 Å². The highest BCUT2D eigenvalue weighted by atomic mass is 35.5. The van der Waals surface area contributed by atoms with Gasteiger partial charge in [-0.05, 0) is 49.1 Å². The number of sulfonamides is 1. The third-order valence-corrected chi connectivity index (χ3v) is 6.65. The van der Waals surface area contributed by atoms with Gasteiger partial charge in [-0.15, -0.1) is 0 Å². The normalized spacial score (nSPS) is 16.3. The van der Waals surface area contributed by atoms with E-state index in [0.29, 0.717) is 29.2 Å². The van der Waals surface area contributed by atoms with E-state index in [2.05, 4.69) is 5.32 Å². The van der Waals surface area contributed by atoms with Crippen LogP contribution in [0.25, 0.3) is 0 Å². The van der Waals surface area contributed by atoms with Crippen molar-refractivity contribution in [2.24, 2.45) is 0 Å². The number of nitrogens with zero attached hydrogens (tertiary/aromatic N) is 1. The molecule has 0 aliphatic carbocycles. The lowest BCUT2D eigenvalue weighted by Crippen LogP contribution is -2.38. The first-order chi connectivity index (χ1) is 12.4. The third kappa shape index (κ3) is 3.86. The molecule has 0 atom stereocenters. The van der Waals surface area contributed by atoms with Gasteiger partial charge in [0.25, 0.3) is 5.91 Å². The molecule has 1 fully saturated rings. The molecule has 1 aliphatic rings. The number of hydrogen-bond donors (Lipinski definition) is 1. The zero-order chi connectivity index (χ0) is 18.7. The molecule has 7 heteroatoms. The molecule has 1 N–H and O–H groups in total. The number of carbonyl (C=O) groups excluding carboxylic acids is 1. The van der Waals surface area contributed by atoms with E-state index in [1.165, 1.54) is 4.31 Å². The van der Waals surface area contributed by atoms with Gasteiger partial charge in [-0.3, -0.25) is 9.10 Å². The molecule has 1 saturated heterocycles. The first kappa shape index (κ1) is 18.7. The van der Waals surface area contributed by atoms with E-state index in [4.69, 9.17) is 11.6 Å². The number of hydrogen-bond acceptors (Lipinski definition) is 3. The summed E-state index contributed by atoms with van der Waals surface area (Å²) < 4.78 is 26.0. The molecular formula is C19H21ClN2O3S. The molecule has 5 nitrogen and oxygen atoms in total. The Morgan fingerprint density at radius 3 is 2.69 bits per heavy atom. The molecule has 26 heavy (non-hydrogen) atoms. The molecule has 0 saturated carbocycles. The van der Waals surface area contributed by atoms with Gasteiger partial charge in [0.1, 0.15) is 0 Å². The first-order valence-corrected chi connectivity index (χ1v) is 10.6. The molecule has 0 unspecified atom stereocenters. The van der Waals surface area contributed by atoms with Crippen molar-refractivity contribution in [1.29, 1.82) is 0 Å². The van der Waals surface area contributed by atoms with Crippen LogP contribution < -0.4 is 9.62 Å². The Bertz CT molecular complexity index is 928. The molecule has 2 aromatic rings. The van der Waals surface area contributed by atoms with Crippen LogP contribution in [0.15, 0.2) is 42.5 Å². The van der Waals surface area contributed by atoms with E-state index in [1.807, 2.05) is 31.2 Å². The van der Waals surface area contributed by atoms with Crippen molar-refractivity contribution in [1.82, 2.24) is 0 Å². The highest BCUT2D eigenvalue weighted by Crippen LogP contribution is 2.32. The van der Waals surface area contributed by atoms with Crippen LogP contribution in [0.1, 0.15) is 35.7 Å². The Labute approximate surface area is 159 Å². The Morgan fingerprint density at radius 1 is 1.19 bits per heavy atom. The molecule has 1 amide bonds. The van der Waals surface area contributed by atoms with Crippen molar-refractivity contribution in [2.45, 2.75) is 26.2 Å². The summed E-state index contributed by atoms with van der Waals surface area (Å²) in [6.07, 6.45) is 2.22. The summed E-state index contributed by atoms with van der Waals surface area (Å²) in [6.45, 7) is 2.40. The van der Waals surface area contributed by atoms with Crippen LogP contribution in [0, 0.1) is 0 Å². The minimum atomic E-state index is -3.39. The average molecular weight is 393 g/mol. The van der Waals surface area contributed by atoms with E-state index in [-0.39, 0.29) is 11.7 Å². The summed E-state index contributed by atoms with van der Waals surface area (Å²) in [5.41, 5.74) is 2.52. The zero-order valence-electron chi connectivity index (χ0n) is 14.5. The zero-order valence-corrected chi connectivity index (χ0v) is 16.1. The highest BCUT2D eigenvalue weighted by molar-refractivity contribution is 7.92. The number of halogens is 1. The maximum atomic E-state index is 12.7. The third-order valence-electron chi connectivity index (χ3n) is 4.47. The lowest BCUT2D eigenvalue weighted by molar-refractivity contribution is 0.102. The second-order valence-corrected chi connectivity index (χ2v) is 8.65. The topological polar surface area (TPSA) is 66.5 Å². The molecular weight excluding hydrogens is 372 g/mol. The summed E-state index contributed by atoms with van der Waals surface area (Å²) in [4.78, 5) is 12.7. The Kier molecular flexibility index (Phi) is 5.53. The van der Waals surface area contributed by atoms with E-state index in [9.17, 15) is 13.2 Å². The first-order valence-electron chi connectivity index (χ1n) is 8.61. The van der Waals surface area contributed by atoms with Gasteiger partial charge in [0.2, 0.25) is 10.0 Å². The number of carbonyl (C=O) groups is 1. The van der Waals surface area contributed by atoms with Crippen LogP contribution in [0.2, 0.25) is 5.02 Å². The number of amides is 1. The lowest BCUT2D eigenvalue weighted by atomic mass is 10.1. The Hall–Kier alpha value is -2.05. The molecule has 2 aromatic carbocycles. The minimum absolute atomic E-state index is 0.101. The van der Waals surface area contributed by atoms with E-state index >= 15 is 0 Å². The van der Waals surface area contributed by atoms with Gasteiger partial charge < -0.3 is 5.32 Å². The number of benzene rings is 2. The molecule has 0 spiro atoms. The maximum absolute atomic E-state index is 12.7. The number of aryl methyl sites for hydroxylation is 1. The molecule has 3 rings (SSSR count). The minimum Gasteiger partial charge on any atom is -0.322 e. The fourth-order valence-electron chi connectivity index (χ4n) is 3.05. The predicted molar refractivity (Wildman–Crippen MR) is 106 cm³/mol. The van der Waals surface area contributed by atoms with Crippen LogP contribution in [0.4, 0.5) is 11.4 Å². The van der Waals surface area contributed by atoms with E-state index < -0.39 is 10.0 Å². The molecule has 1 aliphatic heterocycles. The van der Waals surface area contributed by atoms with Crippen LogP contribution in [0.5, 0.6) is 0 Å². The molecule has 1 heterocycles. The average Bonchev–Trinajstić information content (AvgIpc) is 2.62. The maximum Gasteiger partial charge on any atom is 0.255 e.